The predicted molar refractivity (Wildman–Crippen MR) is 63.2 cm³/mol. The Balaban J connectivity index is 1.88. The normalized spacial score (nSPS) is 34.0. The SMILES string of the molecule is CC1CC2CN(C(=O)OC(C)(C)C)C[C@@H]2C1. The highest BCUT2D eigenvalue weighted by atomic mass is 16.6. The van der Waals surface area contributed by atoms with E-state index in [1.165, 1.54) is 12.8 Å². The lowest BCUT2D eigenvalue weighted by Crippen LogP contribution is -2.36. The third-order valence-electron chi connectivity index (χ3n) is 3.64. The highest BCUT2D eigenvalue weighted by Gasteiger charge is 2.41. The van der Waals surface area contributed by atoms with E-state index in [1.54, 1.807) is 0 Å². The Morgan fingerprint density at radius 3 is 2.12 bits per heavy atom. The van der Waals surface area contributed by atoms with Crippen molar-refractivity contribution in [1.82, 2.24) is 4.90 Å². The van der Waals surface area contributed by atoms with E-state index in [0.29, 0.717) is 0 Å². The number of ether oxygens (including phenoxy) is 1. The third kappa shape index (κ3) is 2.50. The molecule has 2 aliphatic rings. The molecule has 92 valence electrons. The van der Waals surface area contributed by atoms with Crippen molar-refractivity contribution >= 4 is 6.09 Å². The van der Waals surface area contributed by atoms with Crippen molar-refractivity contribution in [2.24, 2.45) is 17.8 Å². The molecule has 1 aliphatic carbocycles. The van der Waals surface area contributed by atoms with E-state index in [9.17, 15) is 4.79 Å². The van der Waals surface area contributed by atoms with Crippen LogP contribution in [-0.4, -0.2) is 29.7 Å². The number of nitrogens with zero attached hydrogens (tertiary/aromatic N) is 1. The fourth-order valence-corrected chi connectivity index (χ4v) is 3.08. The van der Waals surface area contributed by atoms with Gasteiger partial charge in [0.25, 0.3) is 0 Å². The summed E-state index contributed by atoms with van der Waals surface area (Å²) in [6.07, 6.45) is 2.43. The molecule has 16 heavy (non-hydrogen) atoms. The van der Waals surface area contributed by atoms with Crippen LogP contribution in [0.4, 0.5) is 4.79 Å². The largest absolute Gasteiger partial charge is 0.444 e. The third-order valence-corrected chi connectivity index (χ3v) is 3.64. The van der Waals surface area contributed by atoms with Crippen molar-refractivity contribution in [3.63, 3.8) is 0 Å². The van der Waals surface area contributed by atoms with Gasteiger partial charge in [0.1, 0.15) is 5.60 Å². The predicted octanol–water partition coefficient (Wildman–Crippen LogP) is 2.90. The van der Waals surface area contributed by atoms with Crippen LogP contribution in [0.25, 0.3) is 0 Å². The summed E-state index contributed by atoms with van der Waals surface area (Å²) in [6.45, 7) is 9.89. The smallest absolute Gasteiger partial charge is 0.410 e. The van der Waals surface area contributed by atoms with Gasteiger partial charge in [-0.15, -0.1) is 0 Å². The first kappa shape index (κ1) is 11.7. The maximum absolute atomic E-state index is 11.9. The molecule has 2 rings (SSSR count). The van der Waals surface area contributed by atoms with Gasteiger partial charge in [-0.25, -0.2) is 4.79 Å². The Kier molecular flexibility index (Phi) is 2.89. The van der Waals surface area contributed by atoms with Crippen molar-refractivity contribution in [3.05, 3.63) is 0 Å². The van der Waals surface area contributed by atoms with Crippen molar-refractivity contribution in [2.75, 3.05) is 13.1 Å². The van der Waals surface area contributed by atoms with Gasteiger partial charge in [0.05, 0.1) is 0 Å². The van der Waals surface area contributed by atoms with Crippen LogP contribution in [0.5, 0.6) is 0 Å². The van der Waals surface area contributed by atoms with Gasteiger partial charge in [0, 0.05) is 13.1 Å². The molecule has 0 spiro atoms. The van der Waals surface area contributed by atoms with Crippen LogP contribution in [0.1, 0.15) is 40.5 Å². The molecule has 0 bridgehead atoms. The molecule has 2 fully saturated rings. The first-order valence-electron chi connectivity index (χ1n) is 6.33. The molecule has 1 aliphatic heterocycles. The summed E-state index contributed by atoms with van der Waals surface area (Å²) in [5, 5.41) is 0. The van der Waals surface area contributed by atoms with Crippen LogP contribution < -0.4 is 0 Å². The summed E-state index contributed by atoms with van der Waals surface area (Å²) in [5.74, 6) is 2.29. The number of hydrogen-bond donors (Lipinski definition) is 0. The Morgan fingerprint density at radius 2 is 1.69 bits per heavy atom. The standard InChI is InChI=1S/C13H23NO2/c1-9-5-10-7-14(8-11(10)6-9)12(15)16-13(2,3)4/h9-11H,5-8H2,1-4H3/t9?,10-,11?/m0/s1. The summed E-state index contributed by atoms with van der Waals surface area (Å²) in [5.41, 5.74) is -0.373. The fourth-order valence-electron chi connectivity index (χ4n) is 3.08. The van der Waals surface area contributed by atoms with E-state index in [2.05, 4.69) is 6.92 Å². The Morgan fingerprint density at radius 1 is 1.19 bits per heavy atom. The second-order valence-corrected chi connectivity index (χ2v) is 6.48. The summed E-state index contributed by atoms with van der Waals surface area (Å²) in [7, 11) is 0. The fraction of sp³-hybridized carbons (Fsp3) is 0.923. The van der Waals surface area contributed by atoms with Gasteiger partial charge in [-0.2, -0.15) is 0 Å². The molecular weight excluding hydrogens is 202 g/mol. The number of carbonyl (C=O) groups excluding carboxylic acids is 1. The summed E-state index contributed by atoms with van der Waals surface area (Å²) < 4.78 is 5.40. The average Bonchev–Trinajstić information content (AvgIpc) is 2.56. The van der Waals surface area contributed by atoms with Crippen molar-refractivity contribution in [3.8, 4) is 0 Å². The number of likely N-dealkylation sites (tertiary alicyclic amines) is 1. The van der Waals surface area contributed by atoms with Gasteiger partial charge in [0.15, 0.2) is 0 Å². The molecule has 1 saturated heterocycles. The molecule has 3 heteroatoms. The van der Waals surface area contributed by atoms with Gasteiger partial charge in [0.2, 0.25) is 0 Å². The van der Waals surface area contributed by atoms with Crippen LogP contribution in [0.2, 0.25) is 0 Å². The van der Waals surface area contributed by atoms with Gasteiger partial charge in [-0.05, 0) is 51.4 Å². The summed E-state index contributed by atoms with van der Waals surface area (Å²) >= 11 is 0. The van der Waals surface area contributed by atoms with Crippen molar-refractivity contribution in [2.45, 2.75) is 46.1 Å². The highest BCUT2D eigenvalue weighted by Crippen LogP contribution is 2.41. The first-order chi connectivity index (χ1) is 7.35. The first-order valence-corrected chi connectivity index (χ1v) is 6.33. The van der Waals surface area contributed by atoms with E-state index in [4.69, 9.17) is 4.74 Å². The maximum atomic E-state index is 11.9. The van der Waals surface area contributed by atoms with Gasteiger partial charge >= 0.3 is 6.09 Å². The zero-order valence-corrected chi connectivity index (χ0v) is 10.8. The van der Waals surface area contributed by atoms with E-state index in [-0.39, 0.29) is 11.7 Å². The highest BCUT2D eigenvalue weighted by molar-refractivity contribution is 5.68. The topological polar surface area (TPSA) is 29.5 Å². The lowest BCUT2D eigenvalue weighted by atomic mass is 10.0. The second kappa shape index (κ2) is 3.94. The van der Waals surface area contributed by atoms with E-state index in [0.717, 1.165) is 30.8 Å². The Labute approximate surface area is 98.1 Å². The van der Waals surface area contributed by atoms with E-state index in [1.807, 2.05) is 25.7 Å². The molecule has 3 nitrogen and oxygen atoms in total. The zero-order valence-electron chi connectivity index (χ0n) is 10.8. The molecule has 0 aromatic heterocycles. The van der Waals surface area contributed by atoms with E-state index >= 15 is 0 Å². The van der Waals surface area contributed by atoms with E-state index < -0.39 is 0 Å². The van der Waals surface area contributed by atoms with Gasteiger partial charge in [-0.3, -0.25) is 0 Å². The minimum absolute atomic E-state index is 0.130. The van der Waals surface area contributed by atoms with Crippen molar-refractivity contribution < 1.29 is 9.53 Å². The van der Waals surface area contributed by atoms with Crippen LogP contribution >= 0.6 is 0 Å². The summed E-state index contributed by atoms with van der Waals surface area (Å²) in [6, 6.07) is 0. The average molecular weight is 225 g/mol. The minimum atomic E-state index is -0.373. The zero-order chi connectivity index (χ0) is 11.9. The van der Waals surface area contributed by atoms with Crippen molar-refractivity contribution in [1.29, 1.82) is 0 Å². The lowest BCUT2D eigenvalue weighted by Gasteiger charge is -2.25. The molecule has 3 atom stereocenters. The molecule has 1 saturated carbocycles. The molecule has 0 aromatic carbocycles. The lowest BCUT2D eigenvalue weighted by molar-refractivity contribution is 0.0278. The monoisotopic (exact) mass is 225 g/mol. The second-order valence-electron chi connectivity index (χ2n) is 6.48. The minimum Gasteiger partial charge on any atom is -0.444 e. The molecule has 0 N–H and O–H groups in total. The molecular formula is C13H23NO2. The number of hydrogen-bond acceptors (Lipinski definition) is 2. The van der Waals surface area contributed by atoms with Crippen LogP contribution in [0.3, 0.4) is 0 Å². The number of amides is 1. The summed E-state index contributed by atoms with van der Waals surface area (Å²) in [4.78, 5) is 13.8. The molecule has 2 unspecified atom stereocenters. The van der Waals surface area contributed by atoms with Gasteiger partial charge < -0.3 is 9.64 Å². The van der Waals surface area contributed by atoms with Crippen LogP contribution in [-0.2, 0) is 4.74 Å². The molecule has 0 radical (unpaired) electrons. The quantitative estimate of drug-likeness (QED) is 0.634. The Hall–Kier alpha value is -0.730. The van der Waals surface area contributed by atoms with Crippen LogP contribution in [0, 0.1) is 17.8 Å². The maximum Gasteiger partial charge on any atom is 0.410 e. The van der Waals surface area contributed by atoms with Gasteiger partial charge in [-0.1, -0.05) is 6.92 Å². The number of rotatable bonds is 0. The molecule has 0 aromatic rings. The number of carbonyl (C=O) groups is 1. The Bertz CT molecular complexity index is 268. The van der Waals surface area contributed by atoms with Crippen LogP contribution in [0.15, 0.2) is 0 Å². The number of fused-ring (bicyclic) bond motifs is 1. The molecule has 1 amide bonds. The molecule has 1 heterocycles.